The van der Waals surface area contributed by atoms with Crippen molar-refractivity contribution >= 4 is 5.97 Å². The minimum Gasteiger partial charge on any atom is -0.466 e. The van der Waals surface area contributed by atoms with Crippen LogP contribution in [0.1, 0.15) is 34.1 Å². The van der Waals surface area contributed by atoms with E-state index in [2.05, 4.69) is 0 Å². The highest BCUT2D eigenvalue weighted by atomic mass is 16.7. The number of hydrogen-bond donors (Lipinski definition) is 0. The highest BCUT2D eigenvalue weighted by Crippen LogP contribution is 2.14. The molecule has 0 spiro atoms. The third-order valence-electron chi connectivity index (χ3n) is 1.75. The molecule has 0 fully saturated rings. The predicted molar refractivity (Wildman–Crippen MR) is 52.9 cm³/mol. The molecule has 0 aliphatic rings. The molecule has 0 atom stereocenters. The summed E-state index contributed by atoms with van der Waals surface area (Å²) in [4.78, 5) is 10.5. The molecule has 0 aromatic rings. The second-order valence-electron chi connectivity index (χ2n) is 3.60. The fraction of sp³-hybridized carbons (Fsp3) is 0.900. The van der Waals surface area contributed by atoms with Crippen LogP contribution in [0.15, 0.2) is 0 Å². The van der Waals surface area contributed by atoms with E-state index >= 15 is 0 Å². The molecule has 0 heterocycles. The van der Waals surface area contributed by atoms with Crippen molar-refractivity contribution in [3.8, 4) is 0 Å². The summed E-state index contributed by atoms with van der Waals surface area (Å²) in [7, 11) is 0. The first-order valence-corrected chi connectivity index (χ1v) is 4.83. The fourth-order valence-corrected chi connectivity index (χ4v) is 0.797. The van der Waals surface area contributed by atoms with Gasteiger partial charge in [0.2, 0.25) is 0 Å². The maximum atomic E-state index is 10.5. The van der Waals surface area contributed by atoms with Crippen LogP contribution in [-0.2, 0) is 19.0 Å². The van der Waals surface area contributed by atoms with Crippen LogP contribution in [0.25, 0.3) is 0 Å². The number of esters is 1. The molecular formula is C10H20O4. The summed E-state index contributed by atoms with van der Waals surface area (Å²) in [5.74, 6) is -0.259. The van der Waals surface area contributed by atoms with Crippen LogP contribution in [0, 0.1) is 0 Å². The molecule has 0 amide bonds. The number of ether oxygens (including phenoxy) is 3. The summed E-state index contributed by atoms with van der Waals surface area (Å²) in [5, 5.41) is 0. The number of rotatable bonds is 7. The Bertz CT molecular complexity index is 166. The second-order valence-corrected chi connectivity index (χ2v) is 3.60. The lowest BCUT2D eigenvalue weighted by Gasteiger charge is -2.24. The van der Waals surface area contributed by atoms with Crippen molar-refractivity contribution in [3.63, 3.8) is 0 Å². The van der Waals surface area contributed by atoms with Crippen LogP contribution in [0.5, 0.6) is 0 Å². The zero-order chi connectivity index (χ0) is 11.0. The van der Waals surface area contributed by atoms with Crippen LogP contribution >= 0.6 is 0 Å². The average molecular weight is 204 g/mol. The largest absolute Gasteiger partial charge is 0.466 e. The molecule has 4 nitrogen and oxygen atoms in total. The van der Waals surface area contributed by atoms with Crippen molar-refractivity contribution in [3.05, 3.63) is 0 Å². The predicted octanol–water partition coefficient (Wildman–Crippen LogP) is 1.73. The van der Waals surface area contributed by atoms with E-state index in [1.165, 1.54) is 6.92 Å². The second kappa shape index (κ2) is 6.79. The average Bonchev–Trinajstić information content (AvgIpc) is 2.03. The van der Waals surface area contributed by atoms with E-state index < -0.39 is 0 Å². The Morgan fingerprint density at radius 1 is 1.36 bits per heavy atom. The topological polar surface area (TPSA) is 44.8 Å². The van der Waals surface area contributed by atoms with E-state index in [9.17, 15) is 4.79 Å². The minimum atomic E-state index is -0.315. The molecule has 84 valence electrons. The first-order chi connectivity index (χ1) is 6.48. The molecule has 0 aromatic heterocycles. The molecule has 0 bridgehead atoms. The van der Waals surface area contributed by atoms with Crippen LogP contribution in [0.2, 0.25) is 0 Å². The van der Waals surface area contributed by atoms with Gasteiger partial charge in [0.05, 0.1) is 12.2 Å². The normalized spacial score (nSPS) is 11.4. The molecule has 0 radical (unpaired) electrons. The van der Waals surface area contributed by atoms with Crippen molar-refractivity contribution in [1.82, 2.24) is 0 Å². The highest BCUT2D eigenvalue weighted by Gasteiger charge is 2.18. The lowest BCUT2D eigenvalue weighted by atomic mass is 10.1. The molecule has 0 aliphatic carbocycles. The zero-order valence-electron chi connectivity index (χ0n) is 9.46. The van der Waals surface area contributed by atoms with E-state index in [0.29, 0.717) is 19.6 Å². The van der Waals surface area contributed by atoms with Crippen molar-refractivity contribution in [2.45, 2.75) is 39.7 Å². The van der Waals surface area contributed by atoms with Gasteiger partial charge in [-0.25, -0.2) is 0 Å². The lowest BCUT2D eigenvalue weighted by Crippen LogP contribution is -2.28. The van der Waals surface area contributed by atoms with Crippen molar-refractivity contribution in [1.29, 1.82) is 0 Å². The van der Waals surface area contributed by atoms with E-state index in [0.717, 1.165) is 0 Å². The van der Waals surface area contributed by atoms with Gasteiger partial charge in [-0.3, -0.25) is 4.79 Å². The summed E-state index contributed by atoms with van der Waals surface area (Å²) in [6, 6.07) is 0. The van der Waals surface area contributed by atoms with Gasteiger partial charge in [0.15, 0.2) is 0 Å². The standard InChI is InChI=1S/C10H20O4/c1-5-12-8-14-10(3,4)6-7-13-9(2)11/h5-8H2,1-4H3. The van der Waals surface area contributed by atoms with E-state index in [1.54, 1.807) is 0 Å². The summed E-state index contributed by atoms with van der Waals surface area (Å²) < 4.78 is 15.3. The van der Waals surface area contributed by atoms with Gasteiger partial charge < -0.3 is 14.2 Å². The Morgan fingerprint density at radius 3 is 2.50 bits per heavy atom. The smallest absolute Gasteiger partial charge is 0.302 e. The molecule has 4 heteroatoms. The van der Waals surface area contributed by atoms with Crippen molar-refractivity contribution < 1.29 is 19.0 Å². The number of carbonyl (C=O) groups excluding carboxylic acids is 1. The van der Waals surface area contributed by atoms with Crippen molar-refractivity contribution in [2.75, 3.05) is 20.0 Å². The Hall–Kier alpha value is -0.610. The first kappa shape index (κ1) is 13.4. The van der Waals surface area contributed by atoms with Crippen molar-refractivity contribution in [2.24, 2.45) is 0 Å². The van der Waals surface area contributed by atoms with Gasteiger partial charge in [-0.15, -0.1) is 0 Å². The summed E-state index contributed by atoms with van der Waals surface area (Å²) in [6.07, 6.45) is 0.666. The van der Waals surface area contributed by atoms with Gasteiger partial charge in [-0.1, -0.05) is 0 Å². The van der Waals surface area contributed by atoms with E-state index in [-0.39, 0.29) is 18.4 Å². The van der Waals surface area contributed by atoms with Crippen LogP contribution in [0.3, 0.4) is 0 Å². The number of hydrogen-bond acceptors (Lipinski definition) is 4. The summed E-state index contributed by atoms with van der Waals surface area (Å²) >= 11 is 0. The minimum absolute atomic E-state index is 0.259. The van der Waals surface area contributed by atoms with Crippen LogP contribution in [-0.4, -0.2) is 31.6 Å². The maximum absolute atomic E-state index is 10.5. The van der Waals surface area contributed by atoms with Crippen LogP contribution < -0.4 is 0 Å². The van der Waals surface area contributed by atoms with E-state index in [4.69, 9.17) is 14.2 Å². The molecule has 14 heavy (non-hydrogen) atoms. The van der Waals surface area contributed by atoms with Gasteiger partial charge >= 0.3 is 5.97 Å². The molecular weight excluding hydrogens is 184 g/mol. The lowest BCUT2D eigenvalue weighted by molar-refractivity contribution is -0.148. The van der Waals surface area contributed by atoms with Crippen LogP contribution in [0.4, 0.5) is 0 Å². The SMILES string of the molecule is CCOCOC(C)(C)CCOC(C)=O. The van der Waals surface area contributed by atoms with Gasteiger partial charge in [0.25, 0.3) is 0 Å². The third kappa shape index (κ3) is 8.01. The summed E-state index contributed by atoms with van der Waals surface area (Å²) in [6.45, 7) is 8.49. The molecule has 0 unspecified atom stereocenters. The van der Waals surface area contributed by atoms with E-state index in [1.807, 2.05) is 20.8 Å². The van der Waals surface area contributed by atoms with Gasteiger partial charge in [-0.05, 0) is 20.8 Å². The Kier molecular flexibility index (Phi) is 6.49. The first-order valence-electron chi connectivity index (χ1n) is 4.83. The monoisotopic (exact) mass is 204 g/mol. The Morgan fingerprint density at radius 2 is 2.00 bits per heavy atom. The molecule has 0 saturated heterocycles. The quantitative estimate of drug-likeness (QED) is 0.360. The highest BCUT2D eigenvalue weighted by molar-refractivity contribution is 5.65. The fourth-order valence-electron chi connectivity index (χ4n) is 0.797. The Labute approximate surface area is 85.5 Å². The molecule has 0 saturated carbocycles. The zero-order valence-corrected chi connectivity index (χ0v) is 9.46. The molecule has 0 N–H and O–H groups in total. The van der Waals surface area contributed by atoms with Gasteiger partial charge in [0, 0.05) is 20.0 Å². The molecule has 0 rings (SSSR count). The molecule has 0 aliphatic heterocycles. The Balaban J connectivity index is 3.55. The van der Waals surface area contributed by atoms with Gasteiger partial charge in [-0.2, -0.15) is 0 Å². The number of carbonyl (C=O) groups is 1. The summed E-state index contributed by atoms with van der Waals surface area (Å²) in [5.41, 5.74) is -0.315. The van der Waals surface area contributed by atoms with Gasteiger partial charge in [0.1, 0.15) is 6.79 Å². The maximum Gasteiger partial charge on any atom is 0.302 e. The molecule has 0 aromatic carbocycles. The third-order valence-corrected chi connectivity index (χ3v) is 1.75.